The fourth-order valence-corrected chi connectivity index (χ4v) is 2.26. The lowest BCUT2D eigenvalue weighted by atomic mass is 10.1. The molecule has 0 aromatic rings. The maximum atomic E-state index is 5.87. The van der Waals surface area contributed by atoms with Gasteiger partial charge in [0, 0.05) is 46.5 Å². The molecule has 5 nitrogen and oxygen atoms in total. The fraction of sp³-hybridized carbons (Fsp3) is 0.929. The Kier molecular flexibility index (Phi) is 8.58. The SMILES string of the molecule is CCN=C(NCC)N1CCC(OCCCOC)CC1. The average Bonchev–Trinajstić information content (AvgIpc) is 2.44. The zero-order chi connectivity index (χ0) is 13.9. The first-order chi connectivity index (χ1) is 9.31. The summed E-state index contributed by atoms with van der Waals surface area (Å²) in [5, 5.41) is 3.35. The van der Waals surface area contributed by atoms with Crippen molar-refractivity contribution in [3.05, 3.63) is 0 Å². The quantitative estimate of drug-likeness (QED) is 0.433. The second kappa shape index (κ2) is 10.0. The van der Waals surface area contributed by atoms with Crippen LogP contribution in [0.2, 0.25) is 0 Å². The van der Waals surface area contributed by atoms with Crippen molar-refractivity contribution >= 4 is 5.96 Å². The third-order valence-corrected chi connectivity index (χ3v) is 3.23. The van der Waals surface area contributed by atoms with Crippen LogP contribution in [0, 0.1) is 0 Å². The summed E-state index contributed by atoms with van der Waals surface area (Å²) in [5.74, 6) is 1.04. The number of nitrogens with one attached hydrogen (secondary N) is 1. The van der Waals surface area contributed by atoms with E-state index in [2.05, 4.69) is 29.1 Å². The molecule has 1 fully saturated rings. The van der Waals surface area contributed by atoms with Crippen molar-refractivity contribution in [3.63, 3.8) is 0 Å². The van der Waals surface area contributed by atoms with Crippen LogP contribution in [0.3, 0.4) is 0 Å². The minimum Gasteiger partial charge on any atom is -0.385 e. The maximum Gasteiger partial charge on any atom is 0.193 e. The molecule has 0 spiro atoms. The molecule has 1 rings (SSSR count). The van der Waals surface area contributed by atoms with Gasteiger partial charge >= 0.3 is 0 Å². The highest BCUT2D eigenvalue weighted by Crippen LogP contribution is 2.14. The highest BCUT2D eigenvalue weighted by molar-refractivity contribution is 5.80. The Bertz CT molecular complexity index is 251. The average molecular weight is 271 g/mol. The Morgan fingerprint density at radius 1 is 1.26 bits per heavy atom. The van der Waals surface area contributed by atoms with Crippen LogP contribution in [0.25, 0.3) is 0 Å². The molecule has 0 amide bonds. The summed E-state index contributed by atoms with van der Waals surface area (Å²) in [6, 6.07) is 0. The molecular formula is C14H29N3O2. The smallest absolute Gasteiger partial charge is 0.193 e. The van der Waals surface area contributed by atoms with Gasteiger partial charge in [0.05, 0.1) is 6.10 Å². The largest absolute Gasteiger partial charge is 0.385 e. The molecule has 0 radical (unpaired) electrons. The lowest BCUT2D eigenvalue weighted by Gasteiger charge is -2.34. The normalized spacial score (nSPS) is 17.8. The Balaban J connectivity index is 2.25. The Morgan fingerprint density at radius 2 is 2.00 bits per heavy atom. The molecule has 1 aliphatic heterocycles. The molecule has 0 unspecified atom stereocenters. The number of piperidine rings is 1. The van der Waals surface area contributed by atoms with E-state index < -0.39 is 0 Å². The van der Waals surface area contributed by atoms with Crippen molar-refractivity contribution in [1.29, 1.82) is 0 Å². The van der Waals surface area contributed by atoms with Crippen LogP contribution in [0.1, 0.15) is 33.1 Å². The van der Waals surface area contributed by atoms with Crippen molar-refractivity contribution in [2.24, 2.45) is 4.99 Å². The lowest BCUT2D eigenvalue weighted by Crippen LogP contribution is -2.47. The zero-order valence-corrected chi connectivity index (χ0v) is 12.7. The zero-order valence-electron chi connectivity index (χ0n) is 12.7. The van der Waals surface area contributed by atoms with E-state index in [4.69, 9.17) is 9.47 Å². The summed E-state index contributed by atoms with van der Waals surface area (Å²) in [4.78, 5) is 6.86. The summed E-state index contributed by atoms with van der Waals surface area (Å²) >= 11 is 0. The molecule has 0 saturated carbocycles. The number of guanidine groups is 1. The molecule has 0 aliphatic carbocycles. The number of nitrogens with zero attached hydrogens (tertiary/aromatic N) is 2. The number of aliphatic imine (C=N–C) groups is 1. The molecule has 1 aliphatic rings. The molecule has 0 aromatic carbocycles. The van der Waals surface area contributed by atoms with Crippen LogP contribution >= 0.6 is 0 Å². The van der Waals surface area contributed by atoms with E-state index in [9.17, 15) is 0 Å². The monoisotopic (exact) mass is 271 g/mol. The molecule has 5 heteroatoms. The summed E-state index contributed by atoms with van der Waals surface area (Å²) in [6.07, 6.45) is 3.55. The third kappa shape index (κ3) is 6.25. The van der Waals surface area contributed by atoms with Gasteiger partial charge in [-0.25, -0.2) is 0 Å². The standard InChI is InChI=1S/C14H29N3O2/c1-4-15-14(16-5-2)17-9-7-13(8-10-17)19-12-6-11-18-3/h13H,4-12H2,1-3H3,(H,15,16). The van der Waals surface area contributed by atoms with Gasteiger partial charge in [-0.1, -0.05) is 0 Å². The predicted octanol–water partition coefficient (Wildman–Crippen LogP) is 1.49. The topological polar surface area (TPSA) is 46.1 Å². The van der Waals surface area contributed by atoms with Gasteiger partial charge in [-0.05, 0) is 33.1 Å². The molecule has 19 heavy (non-hydrogen) atoms. The Morgan fingerprint density at radius 3 is 2.58 bits per heavy atom. The lowest BCUT2D eigenvalue weighted by molar-refractivity contribution is 0.00991. The predicted molar refractivity (Wildman–Crippen MR) is 78.7 cm³/mol. The van der Waals surface area contributed by atoms with E-state index in [1.807, 2.05) is 0 Å². The number of hydrogen-bond acceptors (Lipinski definition) is 3. The number of ether oxygens (including phenoxy) is 2. The van der Waals surface area contributed by atoms with Crippen LogP contribution < -0.4 is 5.32 Å². The first-order valence-corrected chi connectivity index (χ1v) is 7.45. The molecular weight excluding hydrogens is 242 g/mol. The van der Waals surface area contributed by atoms with E-state index in [1.54, 1.807) is 7.11 Å². The maximum absolute atomic E-state index is 5.87. The van der Waals surface area contributed by atoms with Gasteiger partial charge < -0.3 is 19.7 Å². The summed E-state index contributed by atoms with van der Waals surface area (Å²) < 4.78 is 10.9. The van der Waals surface area contributed by atoms with Gasteiger partial charge in [0.1, 0.15) is 0 Å². The van der Waals surface area contributed by atoms with E-state index in [1.165, 1.54) is 0 Å². The first-order valence-electron chi connectivity index (χ1n) is 7.45. The van der Waals surface area contributed by atoms with Crippen LogP contribution in [0.15, 0.2) is 4.99 Å². The van der Waals surface area contributed by atoms with Gasteiger partial charge in [-0.2, -0.15) is 0 Å². The van der Waals surface area contributed by atoms with Gasteiger partial charge in [0.2, 0.25) is 0 Å². The van der Waals surface area contributed by atoms with Crippen LogP contribution in [-0.4, -0.2) is 63.5 Å². The van der Waals surface area contributed by atoms with Crippen LogP contribution in [-0.2, 0) is 9.47 Å². The molecule has 1 saturated heterocycles. The molecule has 0 aromatic heterocycles. The fourth-order valence-electron chi connectivity index (χ4n) is 2.26. The van der Waals surface area contributed by atoms with Gasteiger partial charge in [0.25, 0.3) is 0 Å². The summed E-state index contributed by atoms with van der Waals surface area (Å²) in [7, 11) is 1.73. The van der Waals surface area contributed by atoms with Crippen molar-refractivity contribution in [3.8, 4) is 0 Å². The minimum absolute atomic E-state index is 0.401. The minimum atomic E-state index is 0.401. The number of likely N-dealkylation sites (tertiary alicyclic amines) is 1. The molecule has 0 atom stereocenters. The van der Waals surface area contributed by atoms with Gasteiger partial charge in [0.15, 0.2) is 5.96 Å². The van der Waals surface area contributed by atoms with E-state index in [0.29, 0.717) is 6.10 Å². The van der Waals surface area contributed by atoms with E-state index in [0.717, 1.165) is 64.6 Å². The van der Waals surface area contributed by atoms with Crippen molar-refractivity contribution in [2.45, 2.75) is 39.2 Å². The second-order valence-corrected chi connectivity index (χ2v) is 4.73. The summed E-state index contributed by atoms with van der Waals surface area (Å²) in [6.45, 7) is 9.58. The molecule has 112 valence electrons. The first kappa shape index (κ1) is 16.2. The number of rotatable bonds is 7. The molecule has 1 N–H and O–H groups in total. The third-order valence-electron chi connectivity index (χ3n) is 3.23. The summed E-state index contributed by atoms with van der Waals surface area (Å²) in [5.41, 5.74) is 0. The van der Waals surface area contributed by atoms with Crippen LogP contribution in [0.4, 0.5) is 0 Å². The van der Waals surface area contributed by atoms with Crippen molar-refractivity contribution < 1.29 is 9.47 Å². The Hall–Kier alpha value is -0.810. The van der Waals surface area contributed by atoms with Gasteiger partial charge in [-0.3, -0.25) is 4.99 Å². The van der Waals surface area contributed by atoms with E-state index in [-0.39, 0.29) is 0 Å². The highest BCUT2D eigenvalue weighted by atomic mass is 16.5. The van der Waals surface area contributed by atoms with E-state index >= 15 is 0 Å². The number of methoxy groups -OCH3 is 1. The molecule has 1 heterocycles. The van der Waals surface area contributed by atoms with Crippen LogP contribution in [0.5, 0.6) is 0 Å². The Labute approximate surface area is 117 Å². The molecule has 0 bridgehead atoms. The van der Waals surface area contributed by atoms with Crippen molar-refractivity contribution in [1.82, 2.24) is 10.2 Å². The second-order valence-electron chi connectivity index (χ2n) is 4.73. The van der Waals surface area contributed by atoms with Crippen molar-refractivity contribution in [2.75, 3.05) is 46.5 Å². The van der Waals surface area contributed by atoms with Gasteiger partial charge in [-0.15, -0.1) is 0 Å². The highest BCUT2D eigenvalue weighted by Gasteiger charge is 2.21. The number of hydrogen-bond donors (Lipinski definition) is 1.